The average Bonchev–Trinajstić information content (AvgIpc) is 3.30. The summed E-state index contributed by atoms with van der Waals surface area (Å²) in [7, 11) is 0. The van der Waals surface area contributed by atoms with E-state index >= 15 is 0 Å². The molecule has 8 heteroatoms. The lowest BCUT2D eigenvalue weighted by Gasteiger charge is -2.22. The summed E-state index contributed by atoms with van der Waals surface area (Å²) in [6, 6.07) is 18.6. The van der Waals surface area contributed by atoms with Gasteiger partial charge in [-0.25, -0.2) is 4.68 Å². The van der Waals surface area contributed by atoms with Gasteiger partial charge in [-0.05, 0) is 29.3 Å². The molecule has 1 aliphatic heterocycles. The Morgan fingerprint density at radius 2 is 1.75 bits per heavy atom. The molecule has 28 heavy (non-hydrogen) atoms. The van der Waals surface area contributed by atoms with E-state index in [1.807, 2.05) is 53.2 Å². The van der Waals surface area contributed by atoms with E-state index in [1.54, 1.807) is 18.3 Å². The van der Waals surface area contributed by atoms with Crippen LogP contribution in [-0.4, -0.2) is 32.6 Å². The highest BCUT2D eigenvalue weighted by Crippen LogP contribution is 2.38. The number of aliphatic hydroxyl groups is 1. The van der Waals surface area contributed by atoms with Crippen molar-refractivity contribution in [1.29, 1.82) is 0 Å². The Labute approximate surface area is 158 Å². The van der Waals surface area contributed by atoms with Gasteiger partial charge < -0.3 is 9.94 Å². The molecule has 1 aliphatic rings. The number of rotatable bonds is 4. The van der Waals surface area contributed by atoms with Gasteiger partial charge in [-0.1, -0.05) is 47.6 Å². The van der Waals surface area contributed by atoms with Gasteiger partial charge >= 0.3 is 12.0 Å². The maximum absolute atomic E-state index is 12.8. The molecule has 3 aromatic rings. The van der Waals surface area contributed by atoms with Crippen LogP contribution >= 0.6 is 0 Å². The molecule has 5 nitrogen and oxygen atoms in total. The van der Waals surface area contributed by atoms with Crippen LogP contribution < -0.4 is 0 Å². The van der Waals surface area contributed by atoms with Crippen LogP contribution in [0, 0.1) is 0 Å². The molecule has 1 unspecified atom stereocenters. The van der Waals surface area contributed by atoms with Crippen molar-refractivity contribution in [3.63, 3.8) is 0 Å². The van der Waals surface area contributed by atoms with Crippen LogP contribution in [0.3, 0.4) is 0 Å². The number of hydrogen-bond acceptors (Lipinski definition) is 4. The van der Waals surface area contributed by atoms with Crippen molar-refractivity contribution in [2.75, 3.05) is 0 Å². The van der Waals surface area contributed by atoms with E-state index in [0.717, 1.165) is 16.9 Å². The Morgan fingerprint density at radius 3 is 2.39 bits per heavy atom. The maximum Gasteiger partial charge on any atom is 0.458 e. The molecule has 0 spiro atoms. The van der Waals surface area contributed by atoms with E-state index in [-0.39, 0.29) is 5.71 Å². The predicted molar refractivity (Wildman–Crippen MR) is 96.1 cm³/mol. The highest BCUT2D eigenvalue weighted by atomic mass is 19.4. The molecule has 0 saturated heterocycles. The standard InChI is InChI=1S/C20H16F3N3O2/c21-20(22,23)19(27)13-18(25-28-19)15-8-6-14(7-9-15)12-17-10-11-24-26(17)16-4-2-1-3-5-16/h1-11,27H,12-13H2. The molecule has 2 heterocycles. The molecule has 0 bridgehead atoms. The van der Waals surface area contributed by atoms with Crippen LogP contribution in [0.25, 0.3) is 5.69 Å². The summed E-state index contributed by atoms with van der Waals surface area (Å²) in [5, 5.41) is 17.3. The number of hydrogen-bond donors (Lipinski definition) is 1. The molecule has 0 saturated carbocycles. The van der Waals surface area contributed by atoms with Crippen LogP contribution in [0.15, 0.2) is 72.0 Å². The summed E-state index contributed by atoms with van der Waals surface area (Å²) in [6.45, 7) is 0. The Kier molecular flexibility index (Phi) is 4.43. The molecule has 0 amide bonds. The van der Waals surface area contributed by atoms with Crippen molar-refractivity contribution in [2.45, 2.75) is 24.8 Å². The minimum absolute atomic E-state index is 0.0562. The van der Waals surface area contributed by atoms with Gasteiger partial charge in [0.25, 0.3) is 0 Å². The lowest BCUT2D eigenvalue weighted by atomic mass is 10.00. The number of nitrogens with zero attached hydrogens (tertiary/aromatic N) is 3. The van der Waals surface area contributed by atoms with Gasteiger partial charge in [0, 0.05) is 18.3 Å². The largest absolute Gasteiger partial charge is 0.458 e. The first-order valence-corrected chi connectivity index (χ1v) is 8.57. The Bertz CT molecular complexity index is 998. The number of para-hydroxylation sites is 1. The highest BCUT2D eigenvalue weighted by molar-refractivity contribution is 6.01. The molecule has 0 fully saturated rings. The van der Waals surface area contributed by atoms with Gasteiger partial charge in [0.2, 0.25) is 0 Å². The first-order chi connectivity index (χ1) is 13.4. The van der Waals surface area contributed by atoms with Gasteiger partial charge in [-0.3, -0.25) is 0 Å². The molecule has 2 aromatic carbocycles. The Morgan fingerprint density at radius 1 is 1.04 bits per heavy atom. The van der Waals surface area contributed by atoms with Gasteiger partial charge in [-0.15, -0.1) is 0 Å². The molecule has 144 valence electrons. The second kappa shape index (κ2) is 6.79. The zero-order chi connectivity index (χ0) is 19.8. The Balaban J connectivity index is 1.50. The van der Waals surface area contributed by atoms with Crippen molar-refractivity contribution >= 4 is 5.71 Å². The lowest BCUT2D eigenvalue weighted by molar-refractivity contribution is -0.355. The Hall–Kier alpha value is -3.13. The average molecular weight is 387 g/mol. The fourth-order valence-electron chi connectivity index (χ4n) is 3.02. The zero-order valence-corrected chi connectivity index (χ0v) is 14.6. The van der Waals surface area contributed by atoms with Crippen LogP contribution in [0.4, 0.5) is 13.2 Å². The molecule has 4 rings (SSSR count). The first-order valence-electron chi connectivity index (χ1n) is 8.57. The van der Waals surface area contributed by atoms with Crippen molar-refractivity contribution in [2.24, 2.45) is 5.16 Å². The SMILES string of the molecule is OC1(C(F)(F)F)CC(c2ccc(Cc3ccnn3-c3ccccc3)cc2)=NO1. The molecular weight excluding hydrogens is 371 g/mol. The predicted octanol–water partition coefficient (Wildman–Crippen LogP) is 3.84. The van der Waals surface area contributed by atoms with Gasteiger partial charge in [0.15, 0.2) is 0 Å². The topological polar surface area (TPSA) is 59.6 Å². The van der Waals surface area contributed by atoms with Crippen LogP contribution in [0.1, 0.15) is 23.2 Å². The lowest BCUT2D eigenvalue weighted by Crippen LogP contribution is -2.45. The number of oxime groups is 1. The normalized spacial score (nSPS) is 19.4. The third-order valence-electron chi connectivity index (χ3n) is 4.55. The number of halogens is 3. The van der Waals surface area contributed by atoms with Crippen molar-refractivity contribution < 1.29 is 23.1 Å². The van der Waals surface area contributed by atoms with E-state index in [0.29, 0.717) is 12.0 Å². The summed E-state index contributed by atoms with van der Waals surface area (Å²) in [5.74, 6) is -3.26. The number of alkyl halides is 3. The third-order valence-corrected chi connectivity index (χ3v) is 4.55. The summed E-state index contributed by atoms with van der Waals surface area (Å²) in [6.07, 6.45) is -3.32. The van der Waals surface area contributed by atoms with Crippen molar-refractivity contribution in [3.8, 4) is 5.69 Å². The number of benzene rings is 2. The smallest absolute Gasteiger partial charge is 0.350 e. The number of aromatic nitrogens is 2. The molecular formula is C20H16F3N3O2. The van der Waals surface area contributed by atoms with Crippen molar-refractivity contribution in [1.82, 2.24) is 9.78 Å². The van der Waals surface area contributed by atoms with Gasteiger partial charge in [-0.2, -0.15) is 18.3 Å². The first kappa shape index (κ1) is 18.2. The summed E-state index contributed by atoms with van der Waals surface area (Å²) < 4.78 is 40.3. The molecule has 1 N–H and O–H groups in total. The van der Waals surface area contributed by atoms with E-state index in [2.05, 4.69) is 15.1 Å². The second-order valence-corrected chi connectivity index (χ2v) is 6.53. The quantitative estimate of drug-likeness (QED) is 0.740. The van der Waals surface area contributed by atoms with Crippen LogP contribution in [0.2, 0.25) is 0 Å². The van der Waals surface area contributed by atoms with E-state index in [4.69, 9.17) is 0 Å². The second-order valence-electron chi connectivity index (χ2n) is 6.53. The molecule has 0 aliphatic carbocycles. The maximum atomic E-state index is 12.8. The van der Waals surface area contributed by atoms with Gasteiger partial charge in [0.05, 0.1) is 17.8 Å². The minimum Gasteiger partial charge on any atom is -0.350 e. The zero-order valence-electron chi connectivity index (χ0n) is 14.6. The monoisotopic (exact) mass is 387 g/mol. The molecule has 0 radical (unpaired) electrons. The minimum atomic E-state index is -4.91. The van der Waals surface area contributed by atoms with Crippen molar-refractivity contribution in [3.05, 3.63) is 83.7 Å². The van der Waals surface area contributed by atoms with Crippen LogP contribution in [0.5, 0.6) is 0 Å². The van der Waals surface area contributed by atoms with E-state index in [9.17, 15) is 18.3 Å². The summed E-state index contributed by atoms with van der Waals surface area (Å²) >= 11 is 0. The highest BCUT2D eigenvalue weighted by Gasteiger charge is 2.60. The van der Waals surface area contributed by atoms with E-state index in [1.165, 1.54) is 0 Å². The fourth-order valence-corrected chi connectivity index (χ4v) is 3.02. The molecule has 1 aromatic heterocycles. The third kappa shape index (κ3) is 3.38. The van der Waals surface area contributed by atoms with Gasteiger partial charge in [0.1, 0.15) is 0 Å². The molecule has 1 atom stereocenters. The van der Waals surface area contributed by atoms with Crippen LogP contribution in [-0.2, 0) is 11.3 Å². The summed E-state index contributed by atoms with van der Waals surface area (Å²) in [5.41, 5.74) is 3.42. The summed E-state index contributed by atoms with van der Waals surface area (Å²) in [4.78, 5) is 4.26. The fraction of sp³-hybridized carbons (Fsp3) is 0.200. The van der Waals surface area contributed by atoms with E-state index < -0.39 is 18.4 Å².